The van der Waals surface area contributed by atoms with Gasteiger partial charge < -0.3 is 4.74 Å². The smallest absolute Gasteiger partial charge is 0.164 e. The van der Waals surface area contributed by atoms with Crippen LogP contribution < -0.4 is 0 Å². The SMILES string of the molecule is CCOC1CC(CC(=O)c2cccc3ccsc23)C1. The van der Waals surface area contributed by atoms with Crippen LogP contribution in [0, 0.1) is 5.92 Å². The van der Waals surface area contributed by atoms with Gasteiger partial charge in [-0.3, -0.25) is 4.79 Å². The molecule has 1 aromatic heterocycles. The van der Waals surface area contributed by atoms with Crippen molar-refractivity contribution in [2.24, 2.45) is 5.92 Å². The quantitative estimate of drug-likeness (QED) is 0.760. The maximum absolute atomic E-state index is 12.4. The topological polar surface area (TPSA) is 26.3 Å². The van der Waals surface area contributed by atoms with Crippen molar-refractivity contribution in [1.29, 1.82) is 0 Å². The molecule has 3 rings (SSSR count). The molecule has 1 aliphatic rings. The van der Waals surface area contributed by atoms with Crippen LogP contribution in [0.4, 0.5) is 0 Å². The van der Waals surface area contributed by atoms with Gasteiger partial charge in [0.05, 0.1) is 6.10 Å². The predicted molar refractivity (Wildman–Crippen MR) is 78.9 cm³/mol. The Hall–Kier alpha value is -1.19. The second-order valence-corrected chi connectivity index (χ2v) is 6.10. The molecule has 19 heavy (non-hydrogen) atoms. The number of benzene rings is 1. The lowest BCUT2D eigenvalue weighted by Gasteiger charge is -2.34. The molecule has 0 amide bonds. The first-order chi connectivity index (χ1) is 9.28. The highest BCUT2D eigenvalue weighted by Gasteiger charge is 2.31. The Morgan fingerprint density at radius 1 is 1.37 bits per heavy atom. The molecule has 0 atom stereocenters. The van der Waals surface area contributed by atoms with Crippen molar-refractivity contribution in [1.82, 2.24) is 0 Å². The van der Waals surface area contributed by atoms with Crippen molar-refractivity contribution in [2.45, 2.75) is 32.3 Å². The zero-order valence-electron chi connectivity index (χ0n) is 11.1. The third-order valence-electron chi connectivity index (χ3n) is 3.85. The summed E-state index contributed by atoms with van der Waals surface area (Å²) in [5.41, 5.74) is 0.896. The first kappa shape index (κ1) is 12.8. The van der Waals surface area contributed by atoms with Gasteiger partial charge in [-0.1, -0.05) is 12.1 Å². The van der Waals surface area contributed by atoms with Crippen LogP contribution in [0.2, 0.25) is 0 Å². The van der Waals surface area contributed by atoms with Crippen LogP contribution in [0.25, 0.3) is 10.1 Å². The zero-order chi connectivity index (χ0) is 13.2. The number of hydrogen-bond donors (Lipinski definition) is 0. The minimum absolute atomic E-state index is 0.285. The normalized spacial score (nSPS) is 22.4. The highest BCUT2D eigenvalue weighted by atomic mass is 32.1. The number of rotatable bonds is 5. The Bertz CT molecular complexity index is 581. The largest absolute Gasteiger partial charge is 0.378 e. The van der Waals surface area contributed by atoms with Crippen molar-refractivity contribution in [3.05, 3.63) is 35.2 Å². The Labute approximate surface area is 117 Å². The first-order valence-electron chi connectivity index (χ1n) is 6.89. The lowest BCUT2D eigenvalue weighted by Crippen LogP contribution is -2.32. The molecule has 2 aromatic rings. The van der Waals surface area contributed by atoms with Crippen LogP contribution in [0.15, 0.2) is 29.6 Å². The molecule has 1 heterocycles. The number of hydrogen-bond acceptors (Lipinski definition) is 3. The van der Waals surface area contributed by atoms with Gasteiger partial charge in [0, 0.05) is 23.3 Å². The second kappa shape index (κ2) is 5.43. The minimum atomic E-state index is 0.285. The van der Waals surface area contributed by atoms with E-state index in [0.29, 0.717) is 18.4 Å². The monoisotopic (exact) mass is 274 g/mol. The van der Waals surface area contributed by atoms with Crippen molar-refractivity contribution in [3.63, 3.8) is 0 Å². The number of Topliss-reactive ketones (excluding diaryl/α,β-unsaturated/α-hetero) is 1. The first-order valence-corrected chi connectivity index (χ1v) is 7.77. The van der Waals surface area contributed by atoms with Crippen LogP contribution in [-0.4, -0.2) is 18.5 Å². The van der Waals surface area contributed by atoms with E-state index in [0.717, 1.165) is 29.7 Å². The minimum Gasteiger partial charge on any atom is -0.378 e. The molecule has 0 N–H and O–H groups in total. The molecule has 0 spiro atoms. The number of fused-ring (bicyclic) bond motifs is 1. The van der Waals surface area contributed by atoms with Gasteiger partial charge in [0.15, 0.2) is 5.78 Å². The molecule has 0 radical (unpaired) electrons. The molecule has 0 bridgehead atoms. The molecule has 1 aliphatic carbocycles. The molecule has 100 valence electrons. The summed E-state index contributed by atoms with van der Waals surface area (Å²) in [6.07, 6.45) is 3.14. The summed E-state index contributed by atoms with van der Waals surface area (Å²) in [6.45, 7) is 2.80. The van der Waals surface area contributed by atoms with Crippen molar-refractivity contribution < 1.29 is 9.53 Å². The molecule has 2 nitrogen and oxygen atoms in total. The number of carbonyl (C=O) groups is 1. The van der Waals surface area contributed by atoms with E-state index in [4.69, 9.17) is 4.74 Å². The molecule has 1 aromatic carbocycles. The zero-order valence-corrected chi connectivity index (χ0v) is 11.9. The standard InChI is InChI=1S/C16H18O2S/c1-2-18-13-8-11(9-13)10-15(17)14-5-3-4-12-6-7-19-16(12)14/h3-7,11,13H,2,8-10H2,1H3. The number of ether oxygens (including phenoxy) is 1. The van der Waals surface area contributed by atoms with Gasteiger partial charge in [-0.15, -0.1) is 11.3 Å². The maximum atomic E-state index is 12.4. The van der Waals surface area contributed by atoms with Gasteiger partial charge in [-0.2, -0.15) is 0 Å². The molecular weight excluding hydrogens is 256 g/mol. The highest BCUT2D eigenvalue weighted by Crippen LogP contribution is 2.35. The van der Waals surface area contributed by atoms with E-state index in [1.807, 2.05) is 19.1 Å². The Kier molecular flexibility index (Phi) is 3.67. The summed E-state index contributed by atoms with van der Waals surface area (Å²) < 4.78 is 6.68. The fourth-order valence-electron chi connectivity index (χ4n) is 2.80. The van der Waals surface area contributed by atoms with Crippen LogP contribution in [-0.2, 0) is 4.74 Å². The van der Waals surface area contributed by atoms with Gasteiger partial charge in [0.1, 0.15) is 0 Å². The predicted octanol–water partition coefficient (Wildman–Crippen LogP) is 4.29. The number of thiophene rings is 1. The van der Waals surface area contributed by atoms with E-state index in [2.05, 4.69) is 17.5 Å². The summed E-state index contributed by atoms with van der Waals surface area (Å²) >= 11 is 1.66. The average molecular weight is 274 g/mol. The third-order valence-corrected chi connectivity index (χ3v) is 4.81. The Morgan fingerprint density at radius 3 is 3.00 bits per heavy atom. The molecule has 0 saturated heterocycles. The fourth-order valence-corrected chi connectivity index (χ4v) is 3.73. The van der Waals surface area contributed by atoms with Gasteiger partial charge >= 0.3 is 0 Å². The summed E-state index contributed by atoms with van der Waals surface area (Å²) in [6, 6.07) is 8.08. The molecule has 1 fully saturated rings. The average Bonchev–Trinajstić information content (AvgIpc) is 2.84. The van der Waals surface area contributed by atoms with E-state index in [9.17, 15) is 4.79 Å². The van der Waals surface area contributed by atoms with E-state index in [1.54, 1.807) is 11.3 Å². The molecule has 1 saturated carbocycles. The summed E-state index contributed by atoms with van der Waals surface area (Å²) in [4.78, 5) is 12.4. The lowest BCUT2D eigenvalue weighted by atomic mass is 9.78. The van der Waals surface area contributed by atoms with E-state index in [1.165, 1.54) is 5.39 Å². The highest BCUT2D eigenvalue weighted by molar-refractivity contribution is 7.17. The third kappa shape index (κ3) is 2.58. The fraction of sp³-hybridized carbons (Fsp3) is 0.438. The van der Waals surface area contributed by atoms with Crippen LogP contribution in [0.1, 0.15) is 36.5 Å². The summed E-state index contributed by atoms with van der Waals surface area (Å²) in [7, 11) is 0. The van der Waals surface area contributed by atoms with Crippen LogP contribution in [0.5, 0.6) is 0 Å². The Balaban J connectivity index is 1.67. The van der Waals surface area contributed by atoms with Crippen molar-refractivity contribution >= 4 is 27.2 Å². The summed E-state index contributed by atoms with van der Waals surface area (Å²) in [5.74, 6) is 0.798. The van der Waals surface area contributed by atoms with Crippen LogP contribution >= 0.6 is 11.3 Å². The van der Waals surface area contributed by atoms with E-state index < -0.39 is 0 Å². The van der Waals surface area contributed by atoms with Gasteiger partial charge in [0.25, 0.3) is 0 Å². The van der Waals surface area contributed by atoms with Gasteiger partial charge in [-0.05, 0) is 48.6 Å². The lowest BCUT2D eigenvalue weighted by molar-refractivity contribution is -0.0245. The molecule has 0 aliphatic heterocycles. The van der Waals surface area contributed by atoms with E-state index in [-0.39, 0.29) is 5.78 Å². The second-order valence-electron chi connectivity index (χ2n) is 5.19. The van der Waals surface area contributed by atoms with Gasteiger partial charge in [0.2, 0.25) is 0 Å². The van der Waals surface area contributed by atoms with Crippen molar-refractivity contribution in [3.8, 4) is 0 Å². The number of carbonyl (C=O) groups excluding carboxylic acids is 1. The number of ketones is 1. The molecule has 3 heteroatoms. The Morgan fingerprint density at radius 2 is 2.21 bits per heavy atom. The maximum Gasteiger partial charge on any atom is 0.164 e. The molecular formula is C16H18O2S. The summed E-state index contributed by atoms with van der Waals surface area (Å²) in [5, 5.41) is 3.23. The molecule has 0 unspecified atom stereocenters. The van der Waals surface area contributed by atoms with Crippen LogP contribution in [0.3, 0.4) is 0 Å². The van der Waals surface area contributed by atoms with Gasteiger partial charge in [-0.25, -0.2) is 0 Å². The van der Waals surface area contributed by atoms with Crippen molar-refractivity contribution in [2.75, 3.05) is 6.61 Å². The van der Waals surface area contributed by atoms with E-state index >= 15 is 0 Å².